The lowest BCUT2D eigenvalue weighted by molar-refractivity contribution is 0.602. The Hall–Kier alpha value is -2.48. The van der Waals surface area contributed by atoms with Crippen LogP contribution in [0.2, 0.25) is 0 Å². The Bertz CT molecular complexity index is 1020. The highest BCUT2D eigenvalue weighted by Gasteiger charge is 2.29. The number of aromatic nitrogens is 4. The van der Waals surface area contributed by atoms with Gasteiger partial charge in [-0.3, -0.25) is 4.40 Å². The van der Waals surface area contributed by atoms with Gasteiger partial charge in [0.25, 0.3) is 0 Å². The molecule has 4 rings (SSSR count). The van der Waals surface area contributed by atoms with Crippen molar-refractivity contribution in [1.29, 1.82) is 0 Å². The molecule has 0 bridgehead atoms. The quantitative estimate of drug-likeness (QED) is 0.755. The molecular weight excluding hydrogens is 338 g/mol. The summed E-state index contributed by atoms with van der Waals surface area (Å²) in [5.74, 6) is 2.17. The van der Waals surface area contributed by atoms with Crippen molar-refractivity contribution in [3.8, 4) is 0 Å². The number of nitrogens with one attached hydrogen (secondary N) is 1. The molecule has 0 spiro atoms. The first-order valence-electron chi connectivity index (χ1n) is 8.19. The van der Waals surface area contributed by atoms with Gasteiger partial charge in [-0.1, -0.05) is 12.1 Å². The van der Waals surface area contributed by atoms with Crippen LogP contribution >= 0.6 is 0 Å². The maximum Gasteiger partial charge on any atom is 0.203 e. The summed E-state index contributed by atoms with van der Waals surface area (Å²) >= 11 is 0. The third-order valence-electron chi connectivity index (χ3n) is 4.46. The third-order valence-corrected chi connectivity index (χ3v) is 5.59. The van der Waals surface area contributed by atoms with Crippen LogP contribution in [-0.4, -0.2) is 34.3 Å². The summed E-state index contributed by atoms with van der Waals surface area (Å²) < 4.78 is 25.1. The molecule has 2 aromatic heterocycles. The number of hydrogen-bond donors (Lipinski definition) is 1. The van der Waals surface area contributed by atoms with E-state index in [1.807, 2.05) is 29.7 Å². The summed E-state index contributed by atoms with van der Waals surface area (Å²) in [6, 6.07) is 6.83. The number of anilines is 1. The molecule has 1 atom stereocenters. The highest BCUT2D eigenvalue weighted by molar-refractivity contribution is 7.90. The average Bonchev–Trinajstić information content (AvgIpc) is 3.33. The Kier molecular flexibility index (Phi) is 3.72. The van der Waals surface area contributed by atoms with Crippen LogP contribution in [0.25, 0.3) is 5.65 Å². The van der Waals surface area contributed by atoms with Crippen LogP contribution in [0, 0.1) is 0 Å². The van der Waals surface area contributed by atoms with E-state index in [0.717, 1.165) is 24.2 Å². The predicted molar refractivity (Wildman–Crippen MR) is 94.3 cm³/mol. The van der Waals surface area contributed by atoms with Crippen LogP contribution in [0.1, 0.15) is 43.1 Å². The molecule has 0 saturated heterocycles. The molecule has 7 nitrogen and oxygen atoms in total. The summed E-state index contributed by atoms with van der Waals surface area (Å²) in [4.78, 5) is 4.71. The largest absolute Gasteiger partial charge is 0.360 e. The highest BCUT2D eigenvalue weighted by Crippen LogP contribution is 2.39. The fourth-order valence-corrected chi connectivity index (χ4v) is 3.49. The number of rotatable bonds is 5. The minimum atomic E-state index is -3.19. The number of hydrogen-bond acceptors (Lipinski definition) is 6. The van der Waals surface area contributed by atoms with E-state index in [2.05, 4.69) is 20.5 Å². The molecule has 8 heteroatoms. The van der Waals surface area contributed by atoms with Crippen molar-refractivity contribution in [2.45, 2.75) is 36.6 Å². The third kappa shape index (κ3) is 3.09. The molecule has 0 aliphatic heterocycles. The van der Waals surface area contributed by atoms with Crippen molar-refractivity contribution in [1.82, 2.24) is 19.6 Å². The summed E-state index contributed by atoms with van der Waals surface area (Å²) in [5, 5.41) is 11.9. The fourth-order valence-electron chi connectivity index (χ4n) is 2.86. The van der Waals surface area contributed by atoms with E-state index in [1.54, 1.807) is 18.3 Å². The first kappa shape index (κ1) is 16.0. The molecule has 25 heavy (non-hydrogen) atoms. The number of nitrogens with zero attached hydrogens (tertiary/aromatic N) is 4. The van der Waals surface area contributed by atoms with Gasteiger partial charge in [-0.2, -0.15) is 0 Å². The van der Waals surface area contributed by atoms with Gasteiger partial charge in [-0.15, -0.1) is 10.2 Å². The minimum absolute atomic E-state index is 0.0478. The Morgan fingerprint density at radius 2 is 1.92 bits per heavy atom. The molecule has 130 valence electrons. The molecule has 1 N–H and O–H groups in total. The molecule has 1 aliphatic carbocycles. The average molecular weight is 357 g/mol. The van der Waals surface area contributed by atoms with Gasteiger partial charge in [-0.25, -0.2) is 13.4 Å². The smallest absolute Gasteiger partial charge is 0.203 e. The van der Waals surface area contributed by atoms with Crippen LogP contribution in [0.3, 0.4) is 0 Å². The van der Waals surface area contributed by atoms with E-state index in [-0.39, 0.29) is 6.04 Å². The molecule has 1 fully saturated rings. The zero-order valence-electron chi connectivity index (χ0n) is 14.0. The van der Waals surface area contributed by atoms with Crippen LogP contribution in [0.5, 0.6) is 0 Å². The van der Waals surface area contributed by atoms with E-state index >= 15 is 0 Å². The van der Waals surface area contributed by atoms with Gasteiger partial charge >= 0.3 is 0 Å². The van der Waals surface area contributed by atoms with E-state index in [9.17, 15) is 8.42 Å². The van der Waals surface area contributed by atoms with Gasteiger partial charge in [0.15, 0.2) is 15.7 Å². The van der Waals surface area contributed by atoms with Crippen LogP contribution in [0.15, 0.2) is 41.6 Å². The summed E-state index contributed by atoms with van der Waals surface area (Å²) in [6.45, 7) is 2.00. The predicted octanol–water partition coefficient (Wildman–Crippen LogP) is 2.58. The standard InChI is InChI=1S/C17H19N5O2S/c1-11(12-5-7-14(8-6-12)25(2,23)24)19-15-17-21-20-16(13-3-4-13)22(17)10-9-18-15/h5-11,13H,3-4H2,1-2H3,(H,18,19). The number of sulfone groups is 1. The van der Waals surface area contributed by atoms with Crippen molar-refractivity contribution >= 4 is 21.3 Å². The monoisotopic (exact) mass is 357 g/mol. The van der Waals surface area contributed by atoms with E-state index in [0.29, 0.717) is 22.3 Å². The normalized spacial score (nSPS) is 16.1. The Morgan fingerprint density at radius 1 is 1.20 bits per heavy atom. The number of benzene rings is 1. The number of fused-ring (bicyclic) bond motifs is 1. The summed E-state index contributed by atoms with van der Waals surface area (Å²) in [5.41, 5.74) is 1.68. The van der Waals surface area contributed by atoms with E-state index < -0.39 is 9.84 Å². The van der Waals surface area contributed by atoms with Gasteiger partial charge in [0.05, 0.1) is 10.9 Å². The van der Waals surface area contributed by atoms with Crippen molar-refractivity contribution in [3.05, 3.63) is 48.0 Å². The lowest BCUT2D eigenvalue weighted by atomic mass is 10.1. The van der Waals surface area contributed by atoms with Crippen molar-refractivity contribution in [2.24, 2.45) is 0 Å². The summed E-state index contributed by atoms with van der Waals surface area (Å²) in [6.07, 6.45) is 7.16. The molecule has 1 saturated carbocycles. The Morgan fingerprint density at radius 3 is 2.56 bits per heavy atom. The van der Waals surface area contributed by atoms with Gasteiger partial charge in [-0.05, 0) is 37.5 Å². The minimum Gasteiger partial charge on any atom is -0.360 e. The van der Waals surface area contributed by atoms with Crippen LogP contribution in [-0.2, 0) is 9.84 Å². The zero-order valence-corrected chi connectivity index (χ0v) is 14.9. The lowest BCUT2D eigenvalue weighted by Gasteiger charge is -2.15. The molecule has 1 unspecified atom stereocenters. The van der Waals surface area contributed by atoms with Gasteiger partial charge < -0.3 is 5.32 Å². The Labute approximate surface area is 146 Å². The maximum atomic E-state index is 11.6. The van der Waals surface area contributed by atoms with Crippen molar-refractivity contribution < 1.29 is 8.42 Å². The second-order valence-corrected chi connectivity index (χ2v) is 8.52. The van der Waals surface area contributed by atoms with Crippen LogP contribution < -0.4 is 5.32 Å². The van der Waals surface area contributed by atoms with Crippen molar-refractivity contribution in [3.63, 3.8) is 0 Å². The zero-order chi connectivity index (χ0) is 17.6. The van der Waals surface area contributed by atoms with Crippen molar-refractivity contribution in [2.75, 3.05) is 11.6 Å². The molecule has 0 radical (unpaired) electrons. The first-order chi connectivity index (χ1) is 11.9. The van der Waals surface area contributed by atoms with Gasteiger partial charge in [0, 0.05) is 24.6 Å². The molecule has 2 heterocycles. The molecule has 0 amide bonds. The Balaban J connectivity index is 1.60. The molecule has 1 aliphatic rings. The first-order valence-corrected chi connectivity index (χ1v) is 10.1. The second-order valence-electron chi connectivity index (χ2n) is 6.51. The lowest BCUT2D eigenvalue weighted by Crippen LogP contribution is -2.10. The SMILES string of the molecule is CC(Nc1nccn2c(C3CC3)nnc12)c1ccc(S(C)(=O)=O)cc1. The maximum absolute atomic E-state index is 11.6. The topological polar surface area (TPSA) is 89.2 Å². The van der Waals surface area contributed by atoms with Gasteiger partial charge in [0.2, 0.25) is 5.65 Å². The van der Waals surface area contributed by atoms with Gasteiger partial charge in [0.1, 0.15) is 5.82 Å². The molecular formula is C17H19N5O2S. The fraction of sp³-hybridized carbons (Fsp3) is 0.353. The van der Waals surface area contributed by atoms with Crippen LogP contribution in [0.4, 0.5) is 5.82 Å². The second kappa shape index (κ2) is 5.80. The highest BCUT2D eigenvalue weighted by atomic mass is 32.2. The van der Waals surface area contributed by atoms with E-state index in [4.69, 9.17) is 0 Å². The molecule has 3 aromatic rings. The summed E-state index contributed by atoms with van der Waals surface area (Å²) in [7, 11) is -3.19. The van der Waals surface area contributed by atoms with E-state index in [1.165, 1.54) is 6.26 Å². The molecule has 1 aromatic carbocycles.